The van der Waals surface area contributed by atoms with E-state index in [9.17, 15) is 9.59 Å². The summed E-state index contributed by atoms with van der Waals surface area (Å²) in [7, 11) is 0. The highest BCUT2D eigenvalue weighted by Gasteiger charge is 2.14. The smallest absolute Gasteiger partial charge is 0.256 e. The second-order valence-electron chi connectivity index (χ2n) is 4.12. The molecule has 1 aromatic carbocycles. The molecule has 2 aromatic heterocycles. The van der Waals surface area contributed by atoms with E-state index in [-0.39, 0.29) is 5.91 Å². The minimum absolute atomic E-state index is 0.300. The Balaban J connectivity index is 1.88. The van der Waals surface area contributed by atoms with Crippen molar-refractivity contribution in [3.05, 3.63) is 47.1 Å². The molecule has 0 aliphatic heterocycles. The molecule has 2 amide bonds. The molecule has 0 saturated carbocycles. The summed E-state index contributed by atoms with van der Waals surface area (Å²) in [5.74, 6) is -0.864. The van der Waals surface area contributed by atoms with Gasteiger partial charge >= 0.3 is 0 Å². The van der Waals surface area contributed by atoms with Crippen molar-refractivity contribution in [2.45, 2.75) is 0 Å². The van der Waals surface area contributed by atoms with Crippen LogP contribution in [0.15, 0.2) is 36.0 Å². The Morgan fingerprint density at radius 1 is 1.30 bits per heavy atom. The number of hydrogen-bond acceptors (Lipinski definition) is 4. The number of H-pyrrole nitrogens is 1. The fourth-order valence-electron chi connectivity index (χ4n) is 1.85. The third kappa shape index (κ3) is 2.14. The molecule has 6 nitrogen and oxygen atoms in total. The molecule has 0 bridgehead atoms. The van der Waals surface area contributed by atoms with Crippen LogP contribution >= 0.6 is 11.3 Å². The zero-order chi connectivity index (χ0) is 14.1. The summed E-state index contributed by atoms with van der Waals surface area (Å²) in [5.41, 5.74) is 7.59. The van der Waals surface area contributed by atoms with E-state index in [2.05, 4.69) is 15.3 Å². The van der Waals surface area contributed by atoms with Gasteiger partial charge in [0.2, 0.25) is 0 Å². The summed E-state index contributed by atoms with van der Waals surface area (Å²) >= 11 is 1.25. The summed E-state index contributed by atoms with van der Waals surface area (Å²) in [6, 6.07) is 6.72. The minimum atomic E-state index is -0.564. The number of nitrogens with two attached hydrogens (primary N) is 1. The summed E-state index contributed by atoms with van der Waals surface area (Å²) < 4.78 is 0. The lowest BCUT2D eigenvalue weighted by molar-refractivity contribution is 0.100. The topological polar surface area (TPSA) is 101 Å². The molecule has 0 atom stereocenters. The molecule has 0 fully saturated rings. The lowest BCUT2D eigenvalue weighted by atomic mass is 10.2. The summed E-state index contributed by atoms with van der Waals surface area (Å²) in [5, 5.41) is 4.84. The molecule has 2 heterocycles. The average Bonchev–Trinajstić information content (AvgIpc) is 3.05. The van der Waals surface area contributed by atoms with E-state index in [4.69, 9.17) is 5.73 Å². The van der Waals surface area contributed by atoms with Crippen molar-refractivity contribution in [2.24, 2.45) is 5.73 Å². The van der Waals surface area contributed by atoms with E-state index in [1.807, 2.05) is 0 Å². The number of carbonyl (C=O) groups excluding carboxylic acids is 2. The van der Waals surface area contributed by atoms with E-state index >= 15 is 0 Å². The van der Waals surface area contributed by atoms with E-state index in [0.717, 1.165) is 11.0 Å². The number of aromatic nitrogens is 2. The van der Waals surface area contributed by atoms with Crippen molar-refractivity contribution < 1.29 is 9.59 Å². The molecule has 0 spiro atoms. The zero-order valence-electron chi connectivity index (χ0n) is 10.2. The van der Waals surface area contributed by atoms with E-state index in [0.29, 0.717) is 16.1 Å². The van der Waals surface area contributed by atoms with Gasteiger partial charge < -0.3 is 16.0 Å². The van der Waals surface area contributed by atoms with E-state index < -0.39 is 5.91 Å². The van der Waals surface area contributed by atoms with Crippen molar-refractivity contribution in [3.8, 4) is 0 Å². The monoisotopic (exact) mass is 286 g/mol. The van der Waals surface area contributed by atoms with Crippen molar-refractivity contribution in [1.82, 2.24) is 9.97 Å². The summed E-state index contributed by atoms with van der Waals surface area (Å²) in [6.07, 6.45) is 1.57. The zero-order valence-corrected chi connectivity index (χ0v) is 11.0. The second kappa shape index (κ2) is 4.78. The number of aromatic amines is 1. The highest BCUT2D eigenvalue weighted by molar-refractivity contribution is 7.14. The third-order valence-electron chi connectivity index (χ3n) is 2.84. The van der Waals surface area contributed by atoms with Crippen LogP contribution in [0.3, 0.4) is 0 Å². The number of imidazole rings is 1. The molecular formula is C13H10N4O2S. The first kappa shape index (κ1) is 12.4. The van der Waals surface area contributed by atoms with Crippen LogP contribution in [-0.2, 0) is 0 Å². The van der Waals surface area contributed by atoms with E-state index in [1.165, 1.54) is 11.3 Å². The van der Waals surface area contributed by atoms with Crippen LogP contribution in [0.4, 0.5) is 5.00 Å². The Morgan fingerprint density at radius 2 is 2.15 bits per heavy atom. The van der Waals surface area contributed by atoms with Crippen molar-refractivity contribution >= 4 is 39.2 Å². The van der Waals surface area contributed by atoms with Crippen molar-refractivity contribution in [1.29, 1.82) is 0 Å². The van der Waals surface area contributed by atoms with Gasteiger partial charge in [0.1, 0.15) is 5.00 Å². The van der Waals surface area contributed by atoms with Gasteiger partial charge in [0.15, 0.2) is 0 Å². The number of benzene rings is 1. The first-order valence-electron chi connectivity index (χ1n) is 5.77. The number of nitrogens with zero attached hydrogens (tertiary/aromatic N) is 1. The number of carbonyl (C=O) groups is 2. The Morgan fingerprint density at radius 3 is 2.95 bits per heavy atom. The van der Waals surface area contributed by atoms with Crippen LogP contribution in [0, 0.1) is 0 Å². The summed E-state index contributed by atoms with van der Waals surface area (Å²) in [6.45, 7) is 0. The Kier molecular flexibility index (Phi) is 2.96. The molecule has 0 aliphatic carbocycles. The highest BCUT2D eigenvalue weighted by Crippen LogP contribution is 2.23. The molecule has 3 rings (SSSR count). The predicted molar refractivity (Wildman–Crippen MR) is 76.9 cm³/mol. The van der Waals surface area contributed by atoms with Crippen LogP contribution in [0.2, 0.25) is 0 Å². The highest BCUT2D eigenvalue weighted by atomic mass is 32.1. The normalized spacial score (nSPS) is 10.6. The molecule has 20 heavy (non-hydrogen) atoms. The number of primary amides is 1. The Hall–Kier alpha value is -2.67. The van der Waals surface area contributed by atoms with Gasteiger partial charge in [-0.2, -0.15) is 0 Å². The van der Waals surface area contributed by atoms with Crippen LogP contribution < -0.4 is 11.1 Å². The number of thiophene rings is 1. The lowest BCUT2D eigenvalue weighted by Gasteiger charge is -2.04. The van der Waals surface area contributed by atoms with Gasteiger partial charge in [0.05, 0.1) is 22.9 Å². The van der Waals surface area contributed by atoms with Crippen LogP contribution in [0.25, 0.3) is 11.0 Å². The Bertz CT molecular complexity index is 805. The molecule has 4 N–H and O–H groups in total. The first-order chi connectivity index (χ1) is 9.65. The van der Waals surface area contributed by atoms with Gasteiger partial charge in [-0.3, -0.25) is 9.59 Å². The number of hydrogen-bond donors (Lipinski definition) is 3. The maximum atomic E-state index is 12.2. The van der Waals surface area contributed by atoms with Crippen LogP contribution in [0.1, 0.15) is 20.7 Å². The lowest BCUT2D eigenvalue weighted by Crippen LogP contribution is -2.16. The molecule has 0 unspecified atom stereocenters. The van der Waals surface area contributed by atoms with Crippen molar-refractivity contribution in [3.63, 3.8) is 0 Å². The number of rotatable bonds is 3. The fraction of sp³-hybridized carbons (Fsp3) is 0. The fourth-order valence-corrected chi connectivity index (χ4v) is 2.64. The molecule has 100 valence electrons. The van der Waals surface area contributed by atoms with Crippen molar-refractivity contribution in [2.75, 3.05) is 5.32 Å². The molecule has 0 radical (unpaired) electrons. The number of fused-ring (bicyclic) bond motifs is 1. The number of anilines is 1. The molecule has 3 aromatic rings. The van der Waals surface area contributed by atoms with Gasteiger partial charge in [-0.1, -0.05) is 0 Å². The third-order valence-corrected chi connectivity index (χ3v) is 3.67. The van der Waals surface area contributed by atoms with Gasteiger partial charge in [-0.25, -0.2) is 4.98 Å². The predicted octanol–water partition coefficient (Wildman–Crippen LogP) is 1.98. The van der Waals surface area contributed by atoms with Gasteiger partial charge in [-0.15, -0.1) is 11.3 Å². The standard InChI is InChI=1S/C13H10N4O2S/c14-11(18)8-3-4-20-13(8)17-12(19)7-1-2-9-10(5-7)16-6-15-9/h1-6H,(H2,14,18)(H,15,16)(H,17,19). The minimum Gasteiger partial charge on any atom is -0.366 e. The maximum Gasteiger partial charge on any atom is 0.256 e. The first-order valence-corrected chi connectivity index (χ1v) is 6.65. The van der Waals surface area contributed by atoms with Crippen LogP contribution in [-0.4, -0.2) is 21.8 Å². The number of nitrogens with one attached hydrogen (secondary N) is 2. The van der Waals surface area contributed by atoms with E-state index in [1.54, 1.807) is 36.0 Å². The van der Waals surface area contributed by atoms with Gasteiger partial charge in [-0.05, 0) is 29.6 Å². The quantitative estimate of drug-likeness (QED) is 0.686. The molecule has 0 saturated heterocycles. The molecular weight excluding hydrogens is 276 g/mol. The second-order valence-corrected chi connectivity index (χ2v) is 5.03. The molecule has 7 heteroatoms. The van der Waals surface area contributed by atoms with Gasteiger partial charge in [0, 0.05) is 5.56 Å². The Labute approximate surface area is 117 Å². The molecule has 0 aliphatic rings. The van der Waals surface area contributed by atoms with Gasteiger partial charge in [0.25, 0.3) is 11.8 Å². The number of amides is 2. The maximum absolute atomic E-state index is 12.2. The van der Waals surface area contributed by atoms with Crippen LogP contribution in [0.5, 0.6) is 0 Å². The SMILES string of the molecule is NC(=O)c1ccsc1NC(=O)c1ccc2nc[nH]c2c1. The largest absolute Gasteiger partial charge is 0.366 e. The summed E-state index contributed by atoms with van der Waals surface area (Å²) in [4.78, 5) is 30.4. The average molecular weight is 286 g/mol.